The van der Waals surface area contributed by atoms with Crippen molar-refractivity contribution in [1.82, 2.24) is 0 Å². The van der Waals surface area contributed by atoms with Gasteiger partial charge in [0.1, 0.15) is 0 Å². The number of hydrogen-bond acceptors (Lipinski definition) is 3. The molecule has 0 radical (unpaired) electrons. The van der Waals surface area contributed by atoms with Crippen LogP contribution in [0.3, 0.4) is 0 Å². The quantitative estimate of drug-likeness (QED) is 0.693. The molecule has 4 nitrogen and oxygen atoms in total. The summed E-state index contributed by atoms with van der Waals surface area (Å²) in [5.41, 5.74) is 0.951. The lowest BCUT2D eigenvalue weighted by Crippen LogP contribution is -2.30. The number of halogens is 1. The Labute approximate surface area is 150 Å². The fourth-order valence-electron chi connectivity index (χ4n) is 2.41. The third-order valence-electron chi connectivity index (χ3n) is 3.73. The molecule has 3 rings (SSSR count). The molecule has 1 atom stereocenters. The molecule has 0 aliphatic carbocycles. The third kappa shape index (κ3) is 4.17. The van der Waals surface area contributed by atoms with E-state index in [9.17, 15) is 9.59 Å². The minimum atomic E-state index is -0.932. The fourth-order valence-corrected chi connectivity index (χ4v) is 2.60. The summed E-state index contributed by atoms with van der Waals surface area (Å²) in [6.45, 7) is 1.53. The van der Waals surface area contributed by atoms with Gasteiger partial charge in [-0.25, -0.2) is 4.79 Å². The number of rotatable bonds is 4. The summed E-state index contributed by atoms with van der Waals surface area (Å²) >= 11 is 5.86. The van der Waals surface area contributed by atoms with Crippen LogP contribution in [0.4, 0.5) is 5.69 Å². The van der Waals surface area contributed by atoms with Crippen LogP contribution in [0.1, 0.15) is 17.3 Å². The molecule has 3 aromatic carbocycles. The summed E-state index contributed by atoms with van der Waals surface area (Å²) in [5, 5.41) is 5.29. The van der Waals surface area contributed by atoms with E-state index in [4.69, 9.17) is 16.3 Å². The van der Waals surface area contributed by atoms with E-state index < -0.39 is 18.0 Å². The Hall–Kier alpha value is -2.85. The first-order chi connectivity index (χ1) is 12.0. The maximum Gasteiger partial charge on any atom is 0.338 e. The van der Waals surface area contributed by atoms with E-state index >= 15 is 0 Å². The van der Waals surface area contributed by atoms with Gasteiger partial charge in [0.2, 0.25) is 0 Å². The van der Waals surface area contributed by atoms with Crippen LogP contribution in [-0.4, -0.2) is 18.0 Å². The Balaban J connectivity index is 1.66. The summed E-state index contributed by atoms with van der Waals surface area (Å²) in [5.74, 6) is -0.991. The van der Waals surface area contributed by atoms with Crippen molar-refractivity contribution >= 4 is 39.9 Å². The zero-order valence-corrected chi connectivity index (χ0v) is 14.3. The van der Waals surface area contributed by atoms with Crippen molar-refractivity contribution in [3.63, 3.8) is 0 Å². The molecule has 0 saturated carbocycles. The summed E-state index contributed by atoms with van der Waals surface area (Å²) < 4.78 is 5.20. The Morgan fingerprint density at radius 3 is 2.48 bits per heavy atom. The molecule has 5 heteroatoms. The van der Waals surface area contributed by atoms with Gasteiger partial charge in [0.25, 0.3) is 5.91 Å². The minimum absolute atomic E-state index is 0.304. The van der Waals surface area contributed by atoms with E-state index in [0.717, 1.165) is 10.8 Å². The Morgan fingerprint density at radius 1 is 0.960 bits per heavy atom. The first kappa shape index (κ1) is 17.0. The summed E-state index contributed by atoms with van der Waals surface area (Å²) in [7, 11) is 0. The van der Waals surface area contributed by atoms with Crippen LogP contribution in [0.2, 0.25) is 5.02 Å². The average molecular weight is 354 g/mol. The molecular weight excluding hydrogens is 338 g/mol. The number of carbonyl (C=O) groups excluding carboxylic acids is 2. The molecule has 0 spiro atoms. The van der Waals surface area contributed by atoms with Gasteiger partial charge in [0.15, 0.2) is 6.10 Å². The van der Waals surface area contributed by atoms with Crippen LogP contribution < -0.4 is 5.32 Å². The van der Waals surface area contributed by atoms with Gasteiger partial charge >= 0.3 is 5.97 Å². The summed E-state index contributed by atoms with van der Waals surface area (Å²) in [4.78, 5) is 24.3. The second kappa shape index (κ2) is 7.36. The molecule has 0 unspecified atom stereocenters. The summed E-state index contributed by atoms with van der Waals surface area (Å²) in [6.07, 6.45) is -0.932. The highest BCUT2D eigenvalue weighted by Gasteiger charge is 2.19. The van der Waals surface area contributed by atoms with E-state index in [1.807, 2.05) is 42.5 Å². The fraction of sp³-hybridized carbons (Fsp3) is 0.100. The monoisotopic (exact) mass is 353 g/mol. The van der Waals surface area contributed by atoms with Crippen molar-refractivity contribution in [3.05, 3.63) is 77.3 Å². The molecule has 0 aliphatic heterocycles. The first-order valence-electron chi connectivity index (χ1n) is 7.79. The number of fused-ring (bicyclic) bond motifs is 1. The highest BCUT2D eigenvalue weighted by Crippen LogP contribution is 2.19. The normalized spacial score (nSPS) is 11.8. The maximum atomic E-state index is 12.3. The maximum absolute atomic E-state index is 12.3. The number of esters is 1. The Bertz CT molecular complexity index is 939. The van der Waals surface area contributed by atoms with Gasteiger partial charge in [0, 0.05) is 10.7 Å². The van der Waals surface area contributed by atoms with Crippen LogP contribution in [0.25, 0.3) is 10.8 Å². The smallest absolute Gasteiger partial charge is 0.338 e. The van der Waals surface area contributed by atoms with Crippen LogP contribution in [0.5, 0.6) is 0 Å². The zero-order chi connectivity index (χ0) is 17.8. The second-order valence-corrected chi connectivity index (χ2v) is 6.05. The number of carbonyl (C=O) groups is 2. The molecule has 126 valence electrons. The van der Waals surface area contributed by atoms with Crippen LogP contribution in [-0.2, 0) is 9.53 Å². The van der Waals surface area contributed by atoms with Gasteiger partial charge in [-0.15, -0.1) is 0 Å². The van der Waals surface area contributed by atoms with Gasteiger partial charge in [-0.05, 0) is 48.0 Å². The van der Waals surface area contributed by atoms with Gasteiger partial charge < -0.3 is 10.1 Å². The highest BCUT2D eigenvalue weighted by molar-refractivity contribution is 6.30. The molecule has 3 aromatic rings. The second-order valence-electron chi connectivity index (χ2n) is 5.61. The topological polar surface area (TPSA) is 55.4 Å². The molecule has 0 aromatic heterocycles. The lowest BCUT2D eigenvalue weighted by atomic mass is 10.1. The third-order valence-corrected chi connectivity index (χ3v) is 3.97. The predicted octanol–water partition coefficient (Wildman–Crippen LogP) is 4.68. The van der Waals surface area contributed by atoms with Crippen molar-refractivity contribution in [1.29, 1.82) is 0 Å². The van der Waals surface area contributed by atoms with Crippen molar-refractivity contribution in [2.75, 3.05) is 5.32 Å². The van der Waals surface area contributed by atoms with E-state index in [1.54, 1.807) is 18.2 Å². The highest BCUT2D eigenvalue weighted by atomic mass is 35.5. The molecule has 0 aliphatic rings. The van der Waals surface area contributed by atoms with Crippen LogP contribution >= 0.6 is 11.6 Å². The largest absolute Gasteiger partial charge is 0.449 e. The SMILES string of the molecule is C[C@H](OC(=O)c1cccc(Cl)c1)C(=O)Nc1ccc2ccccc2c1. The first-order valence-corrected chi connectivity index (χ1v) is 8.17. The lowest BCUT2D eigenvalue weighted by molar-refractivity contribution is -0.123. The number of anilines is 1. The predicted molar refractivity (Wildman–Crippen MR) is 98.9 cm³/mol. The van der Waals surface area contributed by atoms with Gasteiger partial charge in [0.05, 0.1) is 5.56 Å². The van der Waals surface area contributed by atoms with Crippen molar-refractivity contribution in [2.45, 2.75) is 13.0 Å². The molecule has 1 amide bonds. The van der Waals surface area contributed by atoms with Gasteiger partial charge in [-0.2, -0.15) is 0 Å². The number of nitrogens with one attached hydrogen (secondary N) is 1. The molecule has 0 heterocycles. The minimum Gasteiger partial charge on any atom is -0.449 e. The molecule has 0 bridgehead atoms. The Morgan fingerprint density at radius 2 is 1.72 bits per heavy atom. The molecule has 25 heavy (non-hydrogen) atoms. The van der Waals surface area contributed by atoms with E-state index in [-0.39, 0.29) is 0 Å². The van der Waals surface area contributed by atoms with Gasteiger partial charge in [-0.1, -0.05) is 48.0 Å². The number of hydrogen-bond donors (Lipinski definition) is 1. The molecule has 1 N–H and O–H groups in total. The average Bonchev–Trinajstić information content (AvgIpc) is 2.61. The van der Waals surface area contributed by atoms with E-state index in [0.29, 0.717) is 16.3 Å². The lowest BCUT2D eigenvalue weighted by Gasteiger charge is -2.14. The van der Waals surface area contributed by atoms with E-state index in [1.165, 1.54) is 13.0 Å². The van der Waals surface area contributed by atoms with Gasteiger partial charge in [-0.3, -0.25) is 4.79 Å². The summed E-state index contributed by atoms with van der Waals surface area (Å²) in [6, 6.07) is 19.9. The Kier molecular flexibility index (Phi) is 5.00. The zero-order valence-electron chi connectivity index (χ0n) is 13.5. The molecular formula is C20H16ClNO3. The van der Waals surface area contributed by atoms with Crippen molar-refractivity contribution in [3.8, 4) is 0 Å². The van der Waals surface area contributed by atoms with Crippen molar-refractivity contribution in [2.24, 2.45) is 0 Å². The molecule has 0 fully saturated rings. The molecule has 0 saturated heterocycles. The standard InChI is InChI=1S/C20H16ClNO3/c1-13(25-20(24)16-7-4-8-17(21)11-16)19(23)22-18-10-9-14-5-2-3-6-15(14)12-18/h2-13H,1H3,(H,22,23)/t13-/m0/s1. The van der Waals surface area contributed by atoms with Crippen molar-refractivity contribution < 1.29 is 14.3 Å². The van der Waals surface area contributed by atoms with Crippen LogP contribution in [0.15, 0.2) is 66.7 Å². The van der Waals surface area contributed by atoms with E-state index in [2.05, 4.69) is 5.32 Å². The number of ether oxygens (including phenoxy) is 1. The number of benzene rings is 3. The van der Waals surface area contributed by atoms with Crippen LogP contribution in [0, 0.1) is 0 Å². The number of amides is 1.